The maximum absolute atomic E-state index is 10.9. The molecule has 1 aromatic carbocycles. The van der Waals surface area contributed by atoms with Crippen molar-refractivity contribution >= 4 is 23.8 Å². The Bertz CT molecular complexity index is 589. The summed E-state index contributed by atoms with van der Waals surface area (Å²) in [5.74, 6) is -0.176. The first kappa shape index (κ1) is 11.4. The van der Waals surface area contributed by atoms with Crippen LogP contribution >= 0.6 is 11.6 Å². The lowest BCUT2D eigenvalue weighted by Crippen LogP contribution is -1.97. The van der Waals surface area contributed by atoms with E-state index in [0.29, 0.717) is 17.1 Å². The molecular weight excluding hydrogens is 242 g/mol. The summed E-state index contributed by atoms with van der Waals surface area (Å²) in [5.41, 5.74) is 0.636. The molecule has 1 heterocycles. The van der Waals surface area contributed by atoms with Crippen molar-refractivity contribution in [2.24, 2.45) is 0 Å². The summed E-state index contributed by atoms with van der Waals surface area (Å²) in [4.78, 5) is 10.9. The molecule has 2 N–H and O–H groups in total. The first-order valence-corrected chi connectivity index (χ1v) is 5.13. The van der Waals surface area contributed by atoms with Crippen LogP contribution < -0.4 is 0 Å². The second-order valence-corrected chi connectivity index (χ2v) is 3.75. The van der Waals surface area contributed by atoms with E-state index in [-0.39, 0.29) is 10.6 Å². The summed E-state index contributed by atoms with van der Waals surface area (Å²) < 4.78 is 5.31. The number of benzene rings is 1. The monoisotopic (exact) mass is 249 g/mol. The summed E-state index contributed by atoms with van der Waals surface area (Å²) >= 11 is 5.76. The Balaban J connectivity index is 2.49. The number of carboxylic acids is 1. The summed E-state index contributed by atoms with van der Waals surface area (Å²) in [5, 5.41) is 16.1. The average Bonchev–Trinajstić information content (AvgIpc) is 2.78. The molecule has 1 aromatic heterocycles. The van der Waals surface area contributed by atoms with E-state index in [4.69, 9.17) is 26.5 Å². The summed E-state index contributed by atoms with van der Waals surface area (Å²) in [6, 6.07) is 7.93. The van der Waals surface area contributed by atoms with E-state index in [1.807, 2.05) is 0 Å². The van der Waals surface area contributed by atoms with Crippen molar-refractivity contribution < 1.29 is 14.3 Å². The Morgan fingerprint density at radius 1 is 1.35 bits per heavy atom. The number of furan rings is 1. The van der Waals surface area contributed by atoms with E-state index in [1.54, 1.807) is 18.2 Å². The molecule has 4 nitrogen and oxygen atoms in total. The number of hydrogen-bond donors (Lipinski definition) is 2. The van der Waals surface area contributed by atoms with E-state index in [9.17, 15) is 4.79 Å². The summed E-state index contributed by atoms with van der Waals surface area (Å²) in [6.07, 6.45) is 1.08. The standard InChI is InChI=1S/C12H8ClNO3/c13-10-3-1-7(5-9(10)12(15)16)11-4-2-8(6-14)17-11/h1-6,14H,(H,15,16). The molecule has 0 bridgehead atoms. The van der Waals surface area contributed by atoms with Gasteiger partial charge in [-0.2, -0.15) is 0 Å². The molecule has 0 spiro atoms. The highest BCUT2D eigenvalue weighted by Crippen LogP contribution is 2.26. The molecule has 0 fully saturated rings. The number of carbonyl (C=O) groups is 1. The van der Waals surface area contributed by atoms with Gasteiger partial charge in [0, 0.05) is 5.56 Å². The molecule has 2 aromatic rings. The summed E-state index contributed by atoms with van der Waals surface area (Å²) in [7, 11) is 0. The van der Waals surface area contributed by atoms with Gasteiger partial charge in [0.15, 0.2) is 0 Å². The Kier molecular flexibility index (Phi) is 2.97. The molecule has 0 atom stereocenters. The van der Waals surface area contributed by atoms with E-state index in [1.165, 1.54) is 12.1 Å². The number of rotatable bonds is 3. The second kappa shape index (κ2) is 4.43. The van der Waals surface area contributed by atoms with Crippen LogP contribution in [0.4, 0.5) is 0 Å². The van der Waals surface area contributed by atoms with E-state index >= 15 is 0 Å². The lowest BCUT2D eigenvalue weighted by molar-refractivity contribution is 0.0697. The lowest BCUT2D eigenvalue weighted by Gasteiger charge is -2.01. The smallest absolute Gasteiger partial charge is 0.337 e. The first-order valence-electron chi connectivity index (χ1n) is 4.75. The van der Waals surface area contributed by atoms with Crippen molar-refractivity contribution in [2.45, 2.75) is 0 Å². The van der Waals surface area contributed by atoms with E-state index in [0.717, 1.165) is 6.21 Å². The molecule has 17 heavy (non-hydrogen) atoms. The van der Waals surface area contributed by atoms with Crippen molar-refractivity contribution in [3.8, 4) is 11.3 Å². The minimum atomic E-state index is -1.09. The average molecular weight is 250 g/mol. The number of halogens is 1. The molecule has 0 unspecified atom stereocenters. The normalized spacial score (nSPS) is 10.2. The Hall–Kier alpha value is -2.07. The van der Waals surface area contributed by atoms with Crippen LogP contribution in [-0.2, 0) is 0 Å². The molecule has 0 aliphatic rings. The zero-order chi connectivity index (χ0) is 12.4. The van der Waals surface area contributed by atoms with Gasteiger partial charge in [-0.25, -0.2) is 4.79 Å². The molecule has 0 aliphatic heterocycles. The zero-order valence-electron chi connectivity index (χ0n) is 8.61. The van der Waals surface area contributed by atoms with Crippen molar-refractivity contribution in [3.05, 3.63) is 46.7 Å². The highest BCUT2D eigenvalue weighted by molar-refractivity contribution is 6.33. The van der Waals surface area contributed by atoms with Gasteiger partial charge >= 0.3 is 5.97 Å². The highest BCUT2D eigenvalue weighted by Gasteiger charge is 2.11. The second-order valence-electron chi connectivity index (χ2n) is 3.35. The van der Waals surface area contributed by atoms with Crippen molar-refractivity contribution in [2.75, 3.05) is 0 Å². The van der Waals surface area contributed by atoms with Crippen LogP contribution in [0.5, 0.6) is 0 Å². The lowest BCUT2D eigenvalue weighted by atomic mass is 10.1. The Morgan fingerprint density at radius 3 is 2.71 bits per heavy atom. The van der Waals surface area contributed by atoms with Gasteiger partial charge in [-0.15, -0.1) is 0 Å². The fraction of sp³-hybridized carbons (Fsp3) is 0. The van der Waals surface area contributed by atoms with Crippen LogP contribution in [0.25, 0.3) is 11.3 Å². The third kappa shape index (κ3) is 2.21. The fourth-order valence-electron chi connectivity index (χ4n) is 1.43. The first-order chi connectivity index (χ1) is 8.11. The quantitative estimate of drug-likeness (QED) is 0.820. The maximum Gasteiger partial charge on any atom is 0.337 e. The van der Waals surface area contributed by atoms with Crippen LogP contribution in [-0.4, -0.2) is 17.3 Å². The van der Waals surface area contributed by atoms with Gasteiger partial charge < -0.3 is 14.9 Å². The van der Waals surface area contributed by atoms with Gasteiger partial charge in [0.2, 0.25) is 0 Å². The minimum Gasteiger partial charge on any atom is -0.478 e. The topological polar surface area (TPSA) is 74.3 Å². The third-order valence-electron chi connectivity index (χ3n) is 2.25. The fourth-order valence-corrected chi connectivity index (χ4v) is 1.63. The molecule has 0 saturated carbocycles. The summed E-state index contributed by atoms with van der Waals surface area (Å²) in [6.45, 7) is 0. The Labute approximate surface area is 102 Å². The van der Waals surface area contributed by atoms with Crippen molar-refractivity contribution in [3.63, 3.8) is 0 Å². The van der Waals surface area contributed by atoms with Gasteiger partial charge in [0.05, 0.1) is 16.8 Å². The molecule has 0 aliphatic carbocycles. The molecular formula is C12H8ClNO3. The predicted octanol–water partition coefficient (Wildman–Crippen LogP) is 3.30. The largest absolute Gasteiger partial charge is 0.478 e. The highest BCUT2D eigenvalue weighted by atomic mass is 35.5. The van der Waals surface area contributed by atoms with Crippen LogP contribution in [0, 0.1) is 5.41 Å². The molecule has 0 amide bonds. The van der Waals surface area contributed by atoms with Crippen LogP contribution in [0.3, 0.4) is 0 Å². The van der Waals surface area contributed by atoms with Gasteiger partial charge in [0.1, 0.15) is 11.5 Å². The third-order valence-corrected chi connectivity index (χ3v) is 2.58. The molecule has 5 heteroatoms. The minimum absolute atomic E-state index is 0.0250. The van der Waals surface area contributed by atoms with Crippen LogP contribution in [0.1, 0.15) is 16.1 Å². The van der Waals surface area contributed by atoms with Crippen molar-refractivity contribution in [1.29, 1.82) is 5.41 Å². The van der Waals surface area contributed by atoms with Gasteiger partial charge in [-0.3, -0.25) is 0 Å². The SMILES string of the molecule is N=Cc1ccc(-c2ccc(Cl)c(C(=O)O)c2)o1. The van der Waals surface area contributed by atoms with Crippen LogP contribution in [0.2, 0.25) is 5.02 Å². The molecule has 0 radical (unpaired) electrons. The Morgan fingerprint density at radius 2 is 2.12 bits per heavy atom. The zero-order valence-corrected chi connectivity index (χ0v) is 9.36. The number of aromatic carboxylic acids is 1. The number of nitrogens with one attached hydrogen (secondary N) is 1. The molecule has 2 rings (SSSR count). The predicted molar refractivity (Wildman–Crippen MR) is 64.0 cm³/mol. The maximum atomic E-state index is 10.9. The van der Waals surface area contributed by atoms with E-state index < -0.39 is 5.97 Å². The molecule has 0 saturated heterocycles. The van der Waals surface area contributed by atoms with Gasteiger partial charge in [-0.05, 0) is 30.3 Å². The number of hydrogen-bond acceptors (Lipinski definition) is 3. The van der Waals surface area contributed by atoms with Crippen LogP contribution in [0.15, 0.2) is 34.7 Å². The van der Waals surface area contributed by atoms with Gasteiger partial charge in [0.25, 0.3) is 0 Å². The van der Waals surface area contributed by atoms with Crippen molar-refractivity contribution in [1.82, 2.24) is 0 Å². The van der Waals surface area contributed by atoms with Gasteiger partial charge in [-0.1, -0.05) is 11.6 Å². The molecule has 86 valence electrons. The van der Waals surface area contributed by atoms with E-state index in [2.05, 4.69) is 0 Å². The number of carboxylic acid groups (broad SMARTS) is 1.